The normalized spacial score (nSPS) is 11.0. The third-order valence-electron chi connectivity index (χ3n) is 2.48. The molecule has 0 aliphatic heterocycles. The van der Waals surface area contributed by atoms with Crippen LogP contribution >= 0.6 is 0 Å². The highest BCUT2D eigenvalue weighted by molar-refractivity contribution is 5.27. The van der Waals surface area contributed by atoms with Gasteiger partial charge in [0.05, 0.1) is 6.54 Å². The molecule has 0 saturated carbocycles. The van der Waals surface area contributed by atoms with Crippen molar-refractivity contribution in [2.24, 2.45) is 5.92 Å². The summed E-state index contributed by atoms with van der Waals surface area (Å²) in [5.41, 5.74) is 1.87. The summed E-state index contributed by atoms with van der Waals surface area (Å²) in [5.74, 6) is 2.39. The third kappa shape index (κ3) is 4.01. The number of hydrogen-bond donors (Lipinski definition) is 1. The van der Waals surface area contributed by atoms with Gasteiger partial charge < -0.3 is 9.84 Å². The topological polar surface area (TPSA) is 76.7 Å². The summed E-state index contributed by atoms with van der Waals surface area (Å²) in [6, 6.07) is 1.93. The minimum atomic E-state index is 0.463. The summed E-state index contributed by atoms with van der Waals surface area (Å²) in [6.07, 6.45) is 0.799. The summed E-state index contributed by atoms with van der Waals surface area (Å²) in [7, 11) is 0. The monoisotopic (exact) mass is 261 g/mol. The Morgan fingerprint density at radius 1 is 1.16 bits per heavy atom. The van der Waals surface area contributed by atoms with E-state index in [0.29, 0.717) is 30.1 Å². The summed E-state index contributed by atoms with van der Waals surface area (Å²) in [6.45, 7) is 8.57. The quantitative estimate of drug-likeness (QED) is 0.889. The van der Waals surface area contributed by atoms with E-state index in [9.17, 15) is 0 Å². The van der Waals surface area contributed by atoms with Gasteiger partial charge in [0.15, 0.2) is 5.82 Å². The predicted molar refractivity (Wildman–Crippen MR) is 71.7 cm³/mol. The number of nitrogens with one attached hydrogen (secondary N) is 1. The Bertz CT molecular complexity index is 529. The van der Waals surface area contributed by atoms with E-state index in [-0.39, 0.29) is 0 Å². The number of anilines is 1. The number of nitrogens with zero attached hydrogens (tertiary/aromatic N) is 4. The predicted octanol–water partition coefficient (Wildman–Crippen LogP) is 2.29. The van der Waals surface area contributed by atoms with Gasteiger partial charge >= 0.3 is 0 Å². The summed E-state index contributed by atoms with van der Waals surface area (Å²) in [4.78, 5) is 12.9. The summed E-state index contributed by atoms with van der Waals surface area (Å²) < 4.78 is 5.17. The van der Waals surface area contributed by atoms with Crippen LogP contribution < -0.4 is 5.32 Å². The molecule has 1 N–H and O–H groups in total. The molecular weight excluding hydrogens is 242 g/mol. The molecular formula is C13H19N5O. The van der Waals surface area contributed by atoms with Gasteiger partial charge in [-0.1, -0.05) is 19.0 Å². The molecule has 0 unspecified atom stereocenters. The first-order valence-electron chi connectivity index (χ1n) is 6.40. The van der Waals surface area contributed by atoms with Gasteiger partial charge in [-0.25, -0.2) is 9.97 Å². The van der Waals surface area contributed by atoms with Crippen molar-refractivity contribution in [1.29, 1.82) is 0 Å². The molecule has 19 heavy (non-hydrogen) atoms. The fourth-order valence-corrected chi connectivity index (χ4v) is 1.76. The summed E-state index contributed by atoms with van der Waals surface area (Å²) in [5, 5.41) is 7.03. The number of hydrogen-bond acceptors (Lipinski definition) is 6. The highest BCUT2D eigenvalue weighted by Crippen LogP contribution is 2.08. The van der Waals surface area contributed by atoms with E-state index in [1.807, 2.05) is 19.9 Å². The fourth-order valence-electron chi connectivity index (χ4n) is 1.76. The first kappa shape index (κ1) is 13.5. The third-order valence-corrected chi connectivity index (χ3v) is 2.48. The van der Waals surface area contributed by atoms with Crippen LogP contribution in [0.25, 0.3) is 0 Å². The van der Waals surface area contributed by atoms with E-state index in [1.54, 1.807) is 0 Å². The van der Waals surface area contributed by atoms with Crippen LogP contribution in [0, 0.1) is 19.8 Å². The molecule has 0 aliphatic rings. The lowest BCUT2D eigenvalue weighted by Gasteiger charge is -2.03. The van der Waals surface area contributed by atoms with Gasteiger partial charge in [-0.15, -0.1) is 0 Å². The second-order valence-corrected chi connectivity index (χ2v) is 5.03. The van der Waals surface area contributed by atoms with Crippen LogP contribution in [0.2, 0.25) is 0 Å². The first-order valence-corrected chi connectivity index (χ1v) is 6.40. The van der Waals surface area contributed by atoms with E-state index in [4.69, 9.17) is 4.52 Å². The average Bonchev–Trinajstić information content (AvgIpc) is 2.72. The lowest BCUT2D eigenvalue weighted by molar-refractivity contribution is 0.359. The van der Waals surface area contributed by atoms with Crippen molar-refractivity contribution in [3.8, 4) is 0 Å². The Morgan fingerprint density at radius 3 is 2.47 bits per heavy atom. The Morgan fingerprint density at radius 2 is 1.84 bits per heavy atom. The Balaban J connectivity index is 1.96. The average molecular weight is 261 g/mol. The molecule has 102 valence electrons. The van der Waals surface area contributed by atoms with Crippen molar-refractivity contribution in [3.63, 3.8) is 0 Å². The molecule has 2 aromatic heterocycles. The minimum absolute atomic E-state index is 0.463. The van der Waals surface area contributed by atoms with Crippen LogP contribution in [0.4, 0.5) is 5.95 Å². The first-order chi connectivity index (χ1) is 9.02. The maximum atomic E-state index is 5.17. The molecule has 6 heteroatoms. The Kier molecular flexibility index (Phi) is 4.09. The van der Waals surface area contributed by atoms with Crippen molar-refractivity contribution in [3.05, 3.63) is 29.2 Å². The zero-order valence-electron chi connectivity index (χ0n) is 11.8. The lowest BCUT2D eigenvalue weighted by Crippen LogP contribution is -2.06. The zero-order chi connectivity index (χ0) is 13.8. The SMILES string of the molecule is Cc1cc(C)nc(NCc2noc(CC(C)C)n2)n1. The maximum Gasteiger partial charge on any atom is 0.226 e. The molecule has 2 aromatic rings. The van der Waals surface area contributed by atoms with Crippen LogP contribution in [0.5, 0.6) is 0 Å². The molecule has 0 saturated heterocycles. The van der Waals surface area contributed by atoms with Crippen molar-refractivity contribution in [2.75, 3.05) is 5.32 Å². The highest BCUT2D eigenvalue weighted by atomic mass is 16.5. The van der Waals surface area contributed by atoms with Crippen molar-refractivity contribution < 1.29 is 4.52 Å². The van der Waals surface area contributed by atoms with Crippen LogP contribution in [-0.2, 0) is 13.0 Å². The Labute approximate surface area is 112 Å². The lowest BCUT2D eigenvalue weighted by atomic mass is 10.1. The van der Waals surface area contributed by atoms with E-state index in [0.717, 1.165) is 17.8 Å². The molecule has 0 aromatic carbocycles. The van der Waals surface area contributed by atoms with Crippen molar-refractivity contribution >= 4 is 5.95 Å². The van der Waals surface area contributed by atoms with E-state index in [2.05, 4.69) is 39.3 Å². The molecule has 6 nitrogen and oxygen atoms in total. The van der Waals surface area contributed by atoms with Gasteiger partial charge in [0, 0.05) is 17.8 Å². The van der Waals surface area contributed by atoms with Gasteiger partial charge in [-0.2, -0.15) is 4.98 Å². The highest BCUT2D eigenvalue weighted by Gasteiger charge is 2.08. The Hall–Kier alpha value is -1.98. The summed E-state index contributed by atoms with van der Waals surface area (Å²) >= 11 is 0. The van der Waals surface area contributed by atoms with Crippen LogP contribution in [0.3, 0.4) is 0 Å². The zero-order valence-corrected chi connectivity index (χ0v) is 11.8. The van der Waals surface area contributed by atoms with E-state index >= 15 is 0 Å². The van der Waals surface area contributed by atoms with Crippen molar-refractivity contribution in [2.45, 2.75) is 40.7 Å². The fraction of sp³-hybridized carbons (Fsp3) is 0.538. The smallest absolute Gasteiger partial charge is 0.226 e. The molecule has 0 spiro atoms. The molecule has 0 aliphatic carbocycles. The standard InChI is InChI=1S/C13H19N5O/c1-8(2)5-12-17-11(18-19-12)7-14-13-15-9(3)6-10(4)16-13/h6,8H,5,7H2,1-4H3,(H,14,15,16). The molecule has 2 heterocycles. The molecule has 2 rings (SSSR count). The number of aromatic nitrogens is 4. The van der Waals surface area contributed by atoms with Gasteiger partial charge in [0.25, 0.3) is 0 Å². The second kappa shape index (κ2) is 5.77. The second-order valence-electron chi connectivity index (χ2n) is 5.03. The maximum absolute atomic E-state index is 5.17. The molecule has 0 atom stereocenters. The van der Waals surface area contributed by atoms with E-state index in [1.165, 1.54) is 0 Å². The van der Waals surface area contributed by atoms with Gasteiger partial charge in [0.2, 0.25) is 11.8 Å². The molecule has 0 radical (unpaired) electrons. The largest absolute Gasteiger partial charge is 0.347 e. The van der Waals surface area contributed by atoms with Crippen LogP contribution in [-0.4, -0.2) is 20.1 Å². The van der Waals surface area contributed by atoms with Crippen LogP contribution in [0.1, 0.15) is 37.0 Å². The van der Waals surface area contributed by atoms with Gasteiger partial charge in [-0.05, 0) is 25.8 Å². The van der Waals surface area contributed by atoms with Gasteiger partial charge in [0.1, 0.15) is 0 Å². The van der Waals surface area contributed by atoms with E-state index < -0.39 is 0 Å². The van der Waals surface area contributed by atoms with Gasteiger partial charge in [-0.3, -0.25) is 0 Å². The number of aryl methyl sites for hydroxylation is 2. The molecule has 0 bridgehead atoms. The number of rotatable bonds is 5. The van der Waals surface area contributed by atoms with Crippen molar-refractivity contribution in [1.82, 2.24) is 20.1 Å². The molecule has 0 amide bonds. The van der Waals surface area contributed by atoms with Crippen LogP contribution in [0.15, 0.2) is 10.6 Å². The molecule has 0 fully saturated rings. The minimum Gasteiger partial charge on any atom is -0.347 e.